The zero-order valence-corrected chi connectivity index (χ0v) is 22.9. The predicted octanol–water partition coefficient (Wildman–Crippen LogP) is 1.51. The van der Waals surface area contributed by atoms with Crippen LogP contribution >= 0.6 is 11.8 Å². The second-order valence-electron chi connectivity index (χ2n) is 9.68. The standard InChI is InChI=1S/C25H29FN8O3S2/c26-18-2-1-3-20(12-18)39(35,36)34-6-4-32(5-7-34)16-19-13-21-22(38-19)24(33-8-10-37-11-9-33)31-23(30-21)17-14-28-25(27)29-15-17/h1-3,12,14-15,19H,4-11,13,16H2,(H2,27,28,29). The molecule has 3 aliphatic heterocycles. The van der Waals surface area contributed by atoms with Crippen LogP contribution in [0, 0.1) is 5.82 Å². The second kappa shape index (κ2) is 10.9. The number of hydrogen-bond acceptors (Lipinski definition) is 11. The summed E-state index contributed by atoms with van der Waals surface area (Å²) in [5, 5.41) is 0.262. The molecule has 11 nitrogen and oxygen atoms in total. The maximum Gasteiger partial charge on any atom is 0.243 e. The third kappa shape index (κ3) is 5.57. The highest BCUT2D eigenvalue weighted by molar-refractivity contribution is 8.00. The van der Waals surface area contributed by atoms with E-state index in [9.17, 15) is 12.8 Å². The van der Waals surface area contributed by atoms with Crippen molar-refractivity contribution >= 4 is 33.6 Å². The zero-order chi connectivity index (χ0) is 27.0. The molecule has 0 spiro atoms. The Bertz CT molecular complexity index is 1450. The molecule has 2 N–H and O–H groups in total. The van der Waals surface area contributed by atoms with Crippen molar-refractivity contribution < 1.29 is 17.5 Å². The molecule has 14 heteroatoms. The van der Waals surface area contributed by atoms with Crippen LogP contribution in [0.5, 0.6) is 0 Å². The number of fused-ring (bicyclic) bond motifs is 1. The first-order valence-electron chi connectivity index (χ1n) is 12.8. The SMILES string of the molecule is Nc1ncc(-c2nc3c(c(N4CCOCC4)n2)SC(CN2CCN(S(=O)(=O)c4cccc(F)c4)CC2)C3)cn1. The van der Waals surface area contributed by atoms with Gasteiger partial charge >= 0.3 is 0 Å². The molecule has 6 rings (SSSR count). The molecule has 2 saturated heterocycles. The fourth-order valence-corrected chi connectivity index (χ4v) is 7.92. The number of rotatable bonds is 6. The minimum atomic E-state index is -3.72. The molecule has 39 heavy (non-hydrogen) atoms. The maximum atomic E-state index is 13.6. The van der Waals surface area contributed by atoms with Gasteiger partial charge in [-0.05, 0) is 18.2 Å². The minimum absolute atomic E-state index is 0.00530. The number of aromatic nitrogens is 4. The van der Waals surface area contributed by atoms with Gasteiger partial charge in [0.25, 0.3) is 0 Å². The Morgan fingerprint density at radius 2 is 1.79 bits per heavy atom. The van der Waals surface area contributed by atoms with Gasteiger partial charge in [-0.25, -0.2) is 32.7 Å². The molecule has 0 bridgehead atoms. The van der Waals surface area contributed by atoms with E-state index in [1.165, 1.54) is 22.5 Å². The van der Waals surface area contributed by atoms with Gasteiger partial charge in [0.05, 0.1) is 34.3 Å². The third-order valence-corrected chi connectivity index (χ3v) is 10.3. The van der Waals surface area contributed by atoms with Gasteiger partial charge in [0.1, 0.15) is 11.6 Å². The van der Waals surface area contributed by atoms with E-state index in [-0.39, 0.29) is 16.1 Å². The lowest BCUT2D eigenvalue weighted by molar-refractivity contribution is 0.122. The van der Waals surface area contributed by atoms with E-state index in [1.807, 2.05) is 0 Å². The van der Waals surface area contributed by atoms with Crippen LogP contribution in [0.15, 0.2) is 46.5 Å². The fourth-order valence-electron chi connectivity index (χ4n) is 5.06. The lowest BCUT2D eigenvalue weighted by Gasteiger charge is -2.35. The molecule has 2 aromatic heterocycles. The average Bonchev–Trinajstić information content (AvgIpc) is 3.36. The van der Waals surface area contributed by atoms with E-state index in [0.717, 1.165) is 48.5 Å². The monoisotopic (exact) mass is 572 g/mol. The molecule has 3 aromatic rings. The summed E-state index contributed by atoms with van der Waals surface area (Å²) >= 11 is 1.79. The number of morpholine rings is 1. The Morgan fingerprint density at radius 3 is 2.51 bits per heavy atom. The first-order chi connectivity index (χ1) is 18.9. The van der Waals surface area contributed by atoms with Crippen LogP contribution in [0.4, 0.5) is 16.2 Å². The van der Waals surface area contributed by atoms with E-state index < -0.39 is 15.8 Å². The van der Waals surface area contributed by atoms with Crippen molar-refractivity contribution in [2.45, 2.75) is 21.5 Å². The van der Waals surface area contributed by atoms with Crippen molar-refractivity contribution in [1.82, 2.24) is 29.1 Å². The summed E-state index contributed by atoms with van der Waals surface area (Å²) < 4.78 is 46.6. The molecule has 5 heterocycles. The molecule has 2 fully saturated rings. The van der Waals surface area contributed by atoms with Gasteiger partial charge in [-0.2, -0.15) is 4.31 Å². The fraction of sp³-hybridized carbons (Fsp3) is 0.440. The number of hydrogen-bond donors (Lipinski definition) is 1. The normalized spacial score (nSPS) is 20.7. The number of thioether (sulfide) groups is 1. The van der Waals surface area contributed by atoms with Gasteiger partial charge in [0.15, 0.2) is 5.82 Å². The van der Waals surface area contributed by atoms with E-state index >= 15 is 0 Å². The molecule has 206 valence electrons. The Balaban J connectivity index is 1.16. The van der Waals surface area contributed by atoms with Crippen LogP contribution in [0.3, 0.4) is 0 Å². The summed E-state index contributed by atoms with van der Waals surface area (Å²) in [7, 11) is -3.72. The smallest absolute Gasteiger partial charge is 0.243 e. The van der Waals surface area contributed by atoms with E-state index in [4.69, 9.17) is 20.4 Å². The molecular weight excluding hydrogens is 543 g/mol. The van der Waals surface area contributed by atoms with Gasteiger partial charge in [-0.1, -0.05) is 6.07 Å². The molecule has 0 radical (unpaired) electrons. The lowest BCUT2D eigenvalue weighted by Crippen LogP contribution is -2.50. The molecule has 1 unspecified atom stereocenters. The van der Waals surface area contributed by atoms with Crippen LogP contribution in [0.2, 0.25) is 0 Å². The summed E-state index contributed by atoms with van der Waals surface area (Å²) in [5.41, 5.74) is 7.39. The number of nitrogens with zero attached hydrogens (tertiary/aromatic N) is 7. The molecule has 1 atom stereocenters. The predicted molar refractivity (Wildman–Crippen MR) is 145 cm³/mol. The van der Waals surface area contributed by atoms with Crippen LogP contribution < -0.4 is 10.6 Å². The minimum Gasteiger partial charge on any atom is -0.378 e. The average molecular weight is 573 g/mol. The van der Waals surface area contributed by atoms with E-state index in [2.05, 4.69) is 19.8 Å². The van der Waals surface area contributed by atoms with Crippen molar-refractivity contribution in [1.29, 1.82) is 0 Å². The Hall–Kier alpha value is -2.91. The van der Waals surface area contributed by atoms with Crippen molar-refractivity contribution in [3.63, 3.8) is 0 Å². The number of nitrogen functional groups attached to an aromatic ring is 1. The van der Waals surface area contributed by atoms with Gasteiger partial charge in [0.2, 0.25) is 16.0 Å². The zero-order valence-electron chi connectivity index (χ0n) is 21.2. The van der Waals surface area contributed by atoms with Gasteiger partial charge in [-0.3, -0.25) is 4.90 Å². The van der Waals surface area contributed by atoms with E-state index in [1.54, 1.807) is 24.2 Å². The molecule has 0 aliphatic carbocycles. The number of anilines is 2. The number of sulfonamides is 1. The van der Waals surface area contributed by atoms with Crippen molar-refractivity contribution in [3.8, 4) is 11.4 Å². The molecule has 3 aliphatic rings. The highest BCUT2D eigenvalue weighted by Crippen LogP contribution is 2.43. The third-order valence-electron chi connectivity index (χ3n) is 7.09. The van der Waals surface area contributed by atoms with Crippen molar-refractivity contribution in [3.05, 3.63) is 48.2 Å². The van der Waals surface area contributed by atoms with Crippen LogP contribution in [0.25, 0.3) is 11.4 Å². The van der Waals surface area contributed by atoms with Crippen molar-refractivity contribution in [2.24, 2.45) is 0 Å². The molecule has 0 amide bonds. The quantitative estimate of drug-likeness (QED) is 0.461. The maximum absolute atomic E-state index is 13.6. The van der Waals surface area contributed by atoms with Gasteiger partial charge in [-0.15, -0.1) is 11.8 Å². The highest BCUT2D eigenvalue weighted by atomic mass is 32.2. The van der Waals surface area contributed by atoms with E-state index in [0.29, 0.717) is 50.8 Å². The highest BCUT2D eigenvalue weighted by Gasteiger charge is 2.34. The first kappa shape index (κ1) is 26.3. The summed E-state index contributed by atoms with van der Waals surface area (Å²) in [6, 6.07) is 5.18. The first-order valence-corrected chi connectivity index (χ1v) is 15.1. The number of ether oxygens (including phenoxy) is 1. The van der Waals surface area contributed by atoms with Crippen molar-refractivity contribution in [2.75, 3.05) is 69.7 Å². The van der Waals surface area contributed by atoms with Crippen LogP contribution in [0.1, 0.15) is 5.69 Å². The van der Waals surface area contributed by atoms with Gasteiger partial charge < -0.3 is 15.4 Å². The van der Waals surface area contributed by atoms with Crippen LogP contribution in [-0.4, -0.2) is 102 Å². The largest absolute Gasteiger partial charge is 0.378 e. The Morgan fingerprint density at radius 1 is 1.05 bits per heavy atom. The van der Waals surface area contributed by atoms with Gasteiger partial charge in [0, 0.05) is 69.9 Å². The number of nitrogens with two attached hydrogens (primary N) is 1. The Kier molecular flexibility index (Phi) is 7.37. The topological polar surface area (TPSA) is 131 Å². The number of benzene rings is 1. The Labute approximate surface area is 230 Å². The summed E-state index contributed by atoms with van der Waals surface area (Å²) in [4.78, 5) is 23.7. The summed E-state index contributed by atoms with van der Waals surface area (Å²) in [6.07, 6.45) is 4.07. The molecular formula is C25H29FN8O3S2. The number of halogens is 1. The summed E-state index contributed by atoms with van der Waals surface area (Å²) in [6.45, 7) is 5.56. The molecule has 1 aromatic carbocycles. The van der Waals surface area contributed by atoms with Crippen LogP contribution in [-0.2, 0) is 21.2 Å². The lowest BCUT2D eigenvalue weighted by atomic mass is 10.2. The summed E-state index contributed by atoms with van der Waals surface area (Å²) in [5.74, 6) is 1.13. The second-order valence-corrected chi connectivity index (χ2v) is 12.9. The number of piperazine rings is 1. The molecule has 0 saturated carbocycles.